The average Bonchev–Trinajstić information content (AvgIpc) is 2.74. The number of nitrogens with one attached hydrogen (secondary N) is 1. The van der Waals surface area contributed by atoms with E-state index in [1.54, 1.807) is 19.1 Å². The minimum absolute atomic E-state index is 0.263. The first-order valence-electron chi connectivity index (χ1n) is 4.98. The molecule has 0 bridgehead atoms. The van der Waals surface area contributed by atoms with Crippen LogP contribution in [0.4, 0.5) is 4.39 Å². The van der Waals surface area contributed by atoms with Gasteiger partial charge in [-0.3, -0.25) is 4.79 Å². The normalized spacial score (nSPS) is 10.2. The van der Waals surface area contributed by atoms with Gasteiger partial charge in [0.1, 0.15) is 5.82 Å². The van der Waals surface area contributed by atoms with E-state index in [1.165, 1.54) is 23.7 Å². The highest BCUT2D eigenvalue weighted by Crippen LogP contribution is 2.08. The van der Waals surface area contributed by atoms with E-state index in [0.717, 1.165) is 10.4 Å². The SMILES string of the molecule is Cc1snnc1C(=O)NCc1ccc(F)cc1. The number of carbonyl (C=O) groups is 1. The van der Waals surface area contributed by atoms with Crippen LogP contribution in [0.2, 0.25) is 0 Å². The van der Waals surface area contributed by atoms with Crippen LogP contribution in [-0.2, 0) is 6.54 Å². The van der Waals surface area contributed by atoms with Crippen molar-refractivity contribution in [3.05, 3.63) is 46.2 Å². The van der Waals surface area contributed by atoms with Gasteiger partial charge in [0.2, 0.25) is 0 Å². The molecule has 2 rings (SSSR count). The minimum Gasteiger partial charge on any atom is -0.347 e. The zero-order chi connectivity index (χ0) is 12.3. The topological polar surface area (TPSA) is 54.9 Å². The van der Waals surface area contributed by atoms with Gasteiger partial charge in [0.25, 0.3) is 5.91 Å². The number of aryl methyl sites for hydroxylation is 1. The maximum Gasteiger partial charge on any atom is 0.273 e. The first-order chi connectivity index (χ1) is 8.16. The van der Waals surface area contributed by atoms with Crippen molar-refractivity contribution in [2.45, 2.75) is 13.5 Å². The molecule has 1 amide bonds. The highest BCUT2D eigenvalue weighted by atomic mass is 32.1. The van der Waals surface area contributed by atoms with E-state index in [1.807, 2.05) is 0 Å². The number of carbonyl (C=O) groups excluding carboxylic acids is 1. The maximum absolute atomic E-state index is 12.7. The van der Waals surface area contributed by atoms with E-state index < -0.39 is 0 Å². The minimum atomic E-state index is -0.292. The molecule has 0 aliphatic rings. The molecule has 1 aromatic heterocycles. The monoisotopic (exact) mass is 251 g/mol. The Kier molecular flexibility index (Phi) is 3.43. The highest BCUT2D eigenvalue weighted by Gasteiger charge is 2.12. The van der Waals surface area contributed by atoms with Gasteiger partial charge in [-0.25, -0.2) is 4.39 Å². The van der Waals surface area contributed by atoms with Crippen LogP contribution in [0.1, 0.15) is 20.9 Å². The molecule has 4 nitrogen and oxygen atoms in total. The molecule has 0 aliphatic carbocycles. The molecule has 0 fully saturated rings. The molecule has 0 atom stereocenters. The quantitative estimate of drug-likeness (QED) is 0.906. The van der Waals surface area contributed by atoms with Gasteiger partial charge in [0, 0.05) is 6.54 Å². The van der Waals surface area contributed by atoms with Gasteiger partial charge in [-0.1, -0.05) is 16.6 Å². The molecule has 0 unspecified atom stereocenters. The zero-order valence-electron chi connectivity index (χ0n) is 9.11. The Morgan fingerprint density at radius 1 is 1.41 bits per heavy atom. The Hall–Kier alpha value is -1.82. The van der Waals surface area contributed by atoms with Crippen molar-refractivity contribution in [1.29, 1.82) is 0 Å². The molecular formula is C11H10FN3OS. The second-order valence-corrected chi connectivity index (χ2v) is 4.45. The molecule has 0 spiro atoms. The van der Waals surface area contributed by atoms with Crippen LogP contribution in [0, 0.1) is 12.7 Å². The summed E-state index contributed by atoms with van der Waals surface area (Å²) >= 11 is 1.18. The molecule has 0 saturated carbocycles. The second-order valence-electron chi connectivity index (χ2n) is 3.49. The number of benzene rings is 1. The van der Waals surface area contributed by atoms with Crippen LogP contribution in [0.3, 0.4) is 0 Å². The molecule has 6 heteroatoms. The van der Waals surface area contributed by atoms with E-state index in [9.17, 15) is 9.18 Å². The van der Waals surface area contributed by atoms with E-state index in [4.69, 9.17) is 0 Å². The molecule has 1 N–H and O–H groups in total. The Morgan fingerprint density at radius 2 is 2.12 bits per heavy atom. The van der Waals surface area contributed by atoms with Gasteiger partial charge in [0.15, 0.2) is 5.69 Å². The predicted molar refractivity (Wildman–Crippen MR) is 62.2 cm³/mol. The predicted octanol–water partition coefficient (Wildman–Crippen LogP) is 1.92. The third kappa shape index (κ3) is 2.85. The Balaban J connectivity index is 1.97. The highest BCUT2D eigenvalue weighted by molar-refractivity contribution is 7.05. The third-order valence-corrected chi connectivity index (χ3v) is 2.86. The van der Waals surface area contributed by atoms with Crippen molar-refractivity contribution in [3.8, 4) is 0 Å². The van der Waals surface area contributed by atoms with Crippen molar-refractivity contribution in [1.82, 2.24) is 14.9 Å². The van der Waals surface area contributed by atoms with Crippen molar-refractivity contribution in [3.63, 3.8) is 0 Å². The molecule has 0 aliphatic heterocycles. The summed E-state index contributed by atoms with van der Waals surface area (Å²) in [5, 5.41) is 6.44. The fourth-order valence-electron chi connectivity index (χ4n) is 1.31. The van der Waals surface area contributed by atoms with Crippen molar-refractivity contribution >= 4 is 17.4 Å². The molecule has 88 valence electrons. The van der Waals surface area contributed by atoms with Crippen molar-refractivity contribution in [2.24, 2.45) is 0 Å². The van der Waals surface area contributed by atoms with Gasteiger partial charge in [-0.05, 0) is 36.2 Å². The molecule has 1 aromatic carbocycles. The lowest BCUT2D eigenvalue weighted by Gasteiger charge is -2.03. The molecular weight excluding hydrogens is 241 g/mol. The summed E-state index contributed by atoms with van der Waals surface area (Å²) in [5.74, 6) is -0.555. The van der Waals surface area contributed by atoms with Crippen LogP contribution in [-0.4, -0.2) is 15.5 Å². The zero-order valence-corrected chi connectivity index (χ0v) is 9.92. The van der Waals surface area contributed by atoms with Crippen LogP contribution < -0.4 is 5.32 Å². The van der Waals surface area contributed by atoms with Gasteiger partial charge in [0.05, 0.1) is 4.88 Å². The van der Waals surface area contributed by atoms with Gasteiger partial charge >= 0.3 is 0 Å². The maximum atomic E-state index is 12.7. The lowest BCUT2D eigenvalue weighted by atomic mass is 10.2. The molecule has 1 heterocycles. The lowest BCUT2D eigenvalue weighted by Crippen LogP contribution is -2.23. The fraction of sp³-hybridized carbons (Fsp3) is 0.182. The first-order valence-corrected chi connectivity index (χ1v) is 5.76. The number of hydrogen-bond donors (Lipinski definition) is 1. The summed E-state index contributed by atoms with van der Waals surface area (Å²) in [5.41, 5.74) is 1.18. The third-order valence-electron chi connectivity index (χ3n) is 2.23. The molecule has 17 heavy (non-hydrogen) atoms. The van der Waals surface area contributed by atoms with E-state index >= 15 is 0 Å². The largest absolute Gasteiger partial charge is 0.347 e. The van der Waals surface area contributed by atoms with Crippen LogP contribution >= 0.6 is 11.5 Å². The number of aromatic nitrogens is 2. The molecule has 2 aromatic rings. The van der Waals surface area contributed by atoms with Crippen molar-refractivity contribution < 1.29 is 9.18 Å². The summed E-state index contributed by atoms with van der Waals surface area (Å²) in [6.07, 6.45) is 0. The Morgan fingerprint density at radius 3 is 2.71 bits per heavy atom. The summed E-state index contributed by atoms with van der Waals surface area (Å²) < 4.78 is 16.3. The van der Waals surface area contributed by atoms with Crippen molar-refractivity contribution in [2.75, 3.05) is 0 Å². The number of halogens is 1. The summed E-state index contributed by atoms with van der Waals surface area (Å²) in [6.45, 7) is 2.13. The summed E-state index contributed by atoms with van der Waals surface area (Å²) in [4.78, 5) is 12.5. The standard InChI is InChI=1S/C11H10FN3OS/c1-7-10(14-15-17-7)11(16)13-6-8-2-4-9(12)5-3-8/h2-5H,6H2,1H3,(H,13,16). The van der Waals surface area contributed by atoms with E-state index in [0.29, 0.717) is 12.2 Å². The smallest absolute Gasteiger partial charge is 0.273 e. The summed E-state index contributed by atoms with van der Waals surface area (Å²) in [6, 6.07) is 5.97. The number of amides is 1. The average molecular weight is 251 g/mol. The van der Waals surface area contributed by atoms with E-state index in [-0.39, 0.29) is 11.7 Å². The first kappa shape index (κ1) is 11.7. The second kappa shape index (κ2) is 5.01. The molecule has 0 saturated heterocycles. The number of hydrogen-bond acceptors (Lipinski definition) is 4. The lowest BCUT2D eigenvalue weighted by molar-refractivity contribution is 0.0945. The Labute approximate surface area is 102 Å². The van der Waals surface area contributed by atoms with Gasteiger partial charge in [-0.2, -0.15) is 0 Å². The van der Waals surface area contributed by atoms with Crippen LogP contribution in [0.25, 0.3) is 0 Å². The van der Waals surface area contributed by atoms with Crippen LogP contribution in [0.15, 0.2) is 24.3 Å². The van der Waals surface area contributed by atoms with Crippen LogP contribution in [0.5, 0.6) is 0 Å². The van der Waals surface area contributed by atoms with E-state index in [2.05, 4.69) is 14.9 Å². The number of nitrogens with zero attached hydrogens (tertiary/aromatic N) is 2. The van der Waals surface area contributed by atoms with Gasteiger partial charge < -0.3 is 5.32 Å². The fourth-order valence-corrected chi connectivity index (χ4v) is 1.77. The molecule has 0 radical (unpaired) electrons. The number of rotatable bonds is 3. The Bertz CT molecular complexity index is 524. The van der Waals surface area contributed by atoms with Gasteiger partial charge in [-0.15, -0.1) is 5.10 Å². The summed E-state index contributed by atoms with van der Waals surface area (Å²) in [7, 11) is 0.